The van der Waals surface area contributed by atoms with Crippen molar-refractivity contribution in [2.24, 2.45) is 0 Å². The van der Waals surface area contributed by atoms with Gasteiger partial charge in [-0.2, -0.15) is 13.2 Å². The molecule has 0 aromatic rings. The molecule has 0 fully saturated rings. The summed E-state index contributed by atoms with van der Waals surface area (Å²) < 4.78 is 34.8. The highest BCUT2D eigenvalue weighted by atomic mass is 19.4. The van der Waals surface area contributed by atoms with Gasteiger partial charge in [0.05, 0.1) is 0 Å². The average molecular weight is 179 g/mol. The van der Waals surface area contributed by atoms with Crippen LogP contribution in [0.5, 0.6) is 0 Å². The molecule has 0 saturated carbocycles. The molecule has 1 nitrogen and oxygen atoms in total. The topological polar surface area (TPSA) is 12.0 Å². The van der Waals surface area contributed by atoms with Crippen molar-refractivity contribution >= 4 is 0 Å². The van der Waals surface area contributed by atoms with Crippen molar-refractivity contribution in [2.75, 3.05) is 6.54 Å². The van der Waals surface area contributed by atoms with E-state index in [0.29, 0.717) is 0 Å². The van der Waals surface area contributed by atoms with Crippen molar-refractivity contribution < 1.29 is 13.2 Å². The van der Waals surface area contributed by atoms with Crippen LogP contribution in [0.1, 0.15) is 13.3 Å². The molecular formula is C8H12F3N. The Labute approximate surface area is 70.0 Å². The van der Waals surface area contributed by atoms with Crippen molar-refractivity contribution in [3.63, 3.8) is 0 Å². The van der Waals surface area contributed by atoms with E-state index in [1.165, 1.54) is 6.08 Å². The maximum atomic E-state index is 11.6. The number of nitrogens with one attached hydrogen (secondary N) is 1. The normalized spacial score (nSPS) is 12.0. The van der Waals surface area contributed by atoms with Crippen LogP contribution in [0.25, 0.3) is 0 Å². The van der Waals surface area contributed by atoms with Crippen LogP contribution in [-0.2, 0) is 0 Å². The van der Waals surface area contributed by atoms with Crippen LogP contribution < -0.4 is 5.32 Å². The van der Waals surface area contributed by atoms with E-state index in [2.05, 4.69) is 11.9 Å². The molecule has 0 rings (SSSR count). The molecule has 0 aromatic heterocycles. The first kappa shape index (κ1) is 11.1. The summed E-state index contributed by atoms with van der Waals surface area (Å²) in [6.07, 6.45) is -0.118. The Morgan fingerprint density at radius 1 is 1.50 bits per heavy atom. The Hall–Kier alpha value is -0.930. The minimum absolute atomic E-state index is 0.286. The van der Waals surface area contributed by atoms with E-state index in [9.17, 15) is 13.2 Å². The van der Waals surface area contributed by atoms with E-state index >= 15 is 0 Å². The summed E-state index contributed by atoms with van der Waals surface area (Å²) in [7, 11) is 0. The smallest absolute Gasteiger partial charge is 0.377 e. The lowest BCUT2D eigenvalue weighted by molar-refractivity contribution is -0.123. The molecule has 0 aliphatic carbocycles. The van der Waals surface area contributed by atoms with Crippen molar-refractivity contribution in [2.45, 2.75) is 19.5 Å². The second-order valence-electron chi connectivity index (χ2n) is 2.30. The number of alkyl halides is 3. The number of hydrogen-bond acceptors (Lipinski definition) is 1. The Kier molecular flexibility index (Phi) is 4.47. The monoisotopic (exact) mass is 179 g/mol. The molecule has 0 aliphatic rings. The van der Waals surface area contributed by atoms with E-state index < -0.39 is 12.7 Å². The van der Waals surface area contributed by atoms with Crippen LogP contribution in [0, 0.1) is 0 Å². The molecule has 0 atom stereocenters. The fourth-order valence-corrected chi connectivity index (χ4v) is 0.533. The average Bonchev–Trinajstić information content (AvgIpc) is 1.95. The largest absolute Gasteiger partial charge is 0.405 e. The number of halogens is 3. The van der Waals surface area contributed by atoms with Gasteiger partial charge in [0.15, 0.2) is 0 Å². The molecule has 0 saturated heterocycles. The standard InChI is InChI=1S/C8H12F3N/c1-3-4-5-7(2)12-6-8(9,10)11/h4-5,12H,2-3,6H2,1H3/b5-4-. The SMILES string of the molecule is C=C(/C=C\CC)NCC(F)(F)F. The minimum atomic E-state index is -4.18. The van der Waals surface area contributed by atoms with E-state index in [1.807, 2.05) is 6.92 Å². The molecule has 0 heterocycles. The predicted octanol–water partition coefficient (Wildman–Crippen LogP) is 2.62. The molecule has 0 unspecified atom stereocenters. The van der Waals surface area contributed by atoms with Gasteiger partial charge in [0.2, 0.25) is 0 Å². The molecule has 70 valence electrons. The Bertz CT molecular complexity index is 170. The maximum absolute atomic E-state index is 11.6. The number of rotatable bonds is 4. The van der Waals surface area contributed by atoms with Gasteiger partial charge in [-0.15, -0.1) is 0 Å². The van der Waals surface area contributed by atoms with Crippen molar-refractivity contribution in [3.05, 3.63) is 24.4 Å². The minimum Gasteiger partial charge on any atom is -0.377 e. The Morgan fingerprint density at radius 2 is 2.08 bits per heavy atom. The zero-order valence-electron chi connectivity index (χ0n) is 6.91. The fourth-order valence-electron chi connectivity index (χ4n) is 0.533. The summed E-state index contributed by atoms with van der Waals surface area (Å²) >= 11 is 0. The van der Waals surface area contributed by atoms with Crippen LogP contribution in [-0.4, -0.2) is 12.7 Å². The third-order valence-corrected chi connectivity index (χ3v) is 1.07. The van der Waals surface area contributed by atoms with Gasteiger partial charge in [0, 0.05) is 5.70 Å². The van der Waals surface area contributed by atoms with Crippen molar-refractivity contribution in [3.8, 4) is 0 Å². The van der Waals surface area contributed by atoms with Crippen molar-refractivity contribution in [1.29, 1.82) is 0 Å². The molecule has 0 aliphatic heterocycles. The molecule has 4 heteroatoms. The second-order valence-corrected chi connectivity index (χ2v) is 2.30. The van der Waals surface area contributed by atoms with E-state index in [1.54, 1.807) is 6.08 Å². The van der Waals surface area contributed by atoms with Gasteiger partial charge in [0.25, 0.3) is 0 Å². The third kappa shape index (κ3) is 7.18. The predicted molar refractivity (Wildman–Crippen MR) is 42.6 cm³/mol. The molecule has 0 bridgehead atoms. The molecule has 0 aromatic carbocycles. The Balaban J connectivity index is 3.65. The summed E-state index contributed by atoms with van der Waals surface area (Å²) in [6.45, 7) is 4.27. The third-order valence-electron chi connectivity index (χ3n) is 1.07. The van der Waals surface area contributed by atoms with Gasteiger partial charge in [0.1, 0.15) is 6.54 Å². The lowest BCUT2D eigenvalue weighted by Gasteiger charge is -2.08. The molecule has 0 spiro atoms. The zero-order valence-corrected chi connectivity index (χ0v) is 6.91. The lowest BCUT2D eigenvalue weighted by atomic mass is 10.3. The van der Waals surface area contributed by atoms with E-state index in [4.69, 9.17) is 0 Å². The lowest BCUT2D eigenvalue weighted by Crippen LogP contribution is -2.27. The number of hydrogen-bond donors (Lipinski definition) is 1. The van der Waals surface area contributed by atoms with Crippen LogP contribution in [0.4, 0.5) is 13.2 Å². The van der Waals surface area contributed by atoms with Gasteiger partial charge in [-0.1, -0.05) is 19.6 Å². The highest BCUT2D eigenvalue weighted by Crippen LogP contribution is 2.12. The summed E-state index contributed by atoms with van der Waals surface area (Å²) in [4.78, 5) is 0. The highest BCUT2D eigenvalue weighted by molar-refractivity contribution is 5.11. The van der Waals surface area contributed by atoms with E-state index in [-0.39, 0.29) is 5.70 Å². The van der Waals surface area contributed by atoms with Gasteiger partial charge in [-0.25, -0.2) is 0 Å². The second kappa shape index (κ2) is 4.85. The van der Waals surface area contributed by atoms with Crippen LogP contribution in [0.3, 0.4) is 0 Å². The Morgan fingerprint density at radius 3 is 2.50 bits per heavy atom. The summed E-state index contributed by atoms with van der Waals surface area (Å²) in [6, 6.07) is 0. The van der Waals surface area contributed by atoms with Crippen LogP contribution in [0.15, 0.2) is 24.4 Å². The quantitative estimate of drug-likeness (QED) is 0.654. The highest BCUT2D eigenvalue weighted by Gasteiger charge is 2.26. The molecule has 12 heavy (non-hydrogen) atoms. The van der Waals surface area contributed by atoms with Gasteiger partial charge in [-0.05, 0) is 12.5 Å². The van der Waals surface area contributed by atoms with Crippen LogP contribution >= 0.6 is 0 Å². The van der Waals surface area contributed by atoms with Crippen LogP contribution in [0.2, 0.25) is 0 Å². The number of allylic oxidation sites excluding steroid dienone is 2. The fraction of sp³-hybridized carbons (Fsp3) is 0.500. The molecule has 0 radical (unpaired) electrons. The summed E-state index contributed by atoms with van der Waals surface area (Å²) in [5.74, 6) is 0. The van der Waals surface area contributed by atoms with E-state index in [0.717, 1.165) is 6.42 Å². The molecule has 1 N–H and O–H groups in total. The first-order valence-electron chi connectivity index (χ1n) is 3.61. The first-order valence-corrected chi connectivity index (χ1v) is 3.61. The van der Waals surface area contributed by atoms with Gasteiger partial charge >= 0.3 is 6.18 Å². The van der Waals surface area contributed by atoms with Gasteiger partial charge in [-0.3, -0.25) is 0 Å². The van der Waals surface area contributed by atoms with Gasteiger partial charge < -0.3 is 5.32 Å². The maximum Gasteiger partial charge on any atom is 0.405 e. The zero-order chi connectivity index (χ0) is 9.61. The molecular weight excluding hydrogens is 167 g/mol. The van der Waals surface area contributed by atoms with Crippen molar-refractivity contribution in [1.82, 2.24) is 5.32 Å². The first-order chi connectivity index (χ1) is 5.45. The summed E-state index contributed by atoms with van der Waals surface area (Å²) in [5.41, 5.74) is 0.286. The molecule has 0 amide bonds. The summed E-state index contributed by atoms with van der Waals surface area (Å²) in [5, 5.41) is 2.15.